The average molecular weight is 568 g/mol. The fourth-order valence-corrected chi connectivity index (χ4v) is 6.85. The maximum atomic E-state index is 4.93. The maximum Gasteiger partial charge on any atom is 0.164 e. The second-order valence-corrected chi connectivity index (χ2v) is 11.5. The number of thiophene rings is 1. The second-order valence-electron chi connectivity index (χ2n) is 10.5. The zero-order valence-electron chi connectivity index (χ0n) is 23.2. The number of nitrogens with zero attached hydrogens (tertiary/aromatic N) is 3. The third-order valence-corrected chi connectivity index (χ3v) is 8.95. The first-order valence-corrected chi connectivity index (χ1v) is 15.1. The van der Waals surface area contributed by atoms with Crippen LogP contribution in [0.4, 0.5) is 0 Å². The molecule has 0 saturated heterocycles. The van der Waals surface area contributed by atoms with E-state index in [0.29, 0.717) is 17.5 Å². The highest BCUT2D eigenvalue weighted by atomic mass is 32.1. The van der Waals surface area contributed by atoms with Gasteiger partial charge in [-0.15, -0.1) is 11.3 Å². The number of fused-ring (bicyclic) bond motifs is 3. The van der Waals surface area contributed by atoms with E-state index in [1.54, 1.807) is 0 Å². The zero-order valence-corrected chi connectivity index (χ0v) is 24.0. The summed E-state index contributed by atoms with van der Waals surface area (Å²) in [4.78, 5) is 14.7. The predicted octanol–water partition coefficient (Wildman–Crippen LogP) is 10.6. The molecule has 43 heavy (non-hydrogen) atoms. The zero-order chi connectivity index (χ0) is 28.6. The molecule has 4 heteroatoms. The van der Waals surface area contributed by atoms with Gasteiger partial charge in [-0.25, -0.2) is 15.0 Å². The third-order valence-electron chi connectivity index (χ3n) is 7.73. The standard InChI is InChI=1S/C39H25N3S/c1-3-12-26(13-4-1)37-40-38(27-14-5-2-6-15-27)42-39(41-37)31-19-10-17-29(25-31)28-16-9-18-30(24-28)32-21-11-22-34-33-20-7-8-23-35(33)43-36(32)34/h1-25H. The lowest BCUT2D eigenvalue weighted by Crippen LogP contribution is -2.00. The molecular formula is C39H25N3S. The van der Waals surface area contributed by atoms with Crippen LogP contribution < -0.4 is 0 Å². The smallest absolute Gasteiger partial charge is 0.164 e. The fourth-order valence-electron chi connectivity index (χ4n) is 5.62. The molecule has 0 aliphatic rings. The first-order chi connectivity index (χ1) is 21.3. The summed E-state index contributed by atoms with van der Waals surface area (Å²) in [6.45, 7) is 0. The van der Waals surface area contributed by atoms with Crippen molar-refractivity contribution in [2.45, 2.75) is 0 Å². The van der Waals surface area contributed by atoms with Gasteiger partial charge in [0.25, 0.3) is 0 Å². The quantitative estimate of drug-likeness (QED) is 0.208. The summed E-state index contributed by atoms with van der Waals surface area (Å²) < 4.78 is 2.64. The molecule has 2 heterocycles. The molecule has 0 radical (unpaired) electrons. The SMILES string of the molecule is c1ccc(-c2nc(-c3ccccc3)nc(-c3cccc(-c4cccc(-c5cccc6c5sc5ccccc56)c4)c3)n2)cc1. The lowest BCUT2D eigenvalue weighted by atomic mass is 9.97. The Labute approximate surface area is 253 Å². The van der Waals surface area contributed by atoms with Crippen LogP contribution in [0.15, 0.2) is 152 Å². The number of hydrogen-bond acceptors (Lipinski definition) is 4. The fraction of sp³-hybridized carbons (Fsp3) is 0. The molecule has 0 amide bonds. The summed E-state index contributed by atoms with van der Waals surface area (Å²) in [5, 5.41) is 2.62. The van der Waals surface area contributed by atoms with Gasteiger partial charge in [0.15, 0.2) is 17.5 Å². The van der Waals surface area contributed by atoms with Gasteiger partial charge in [-0.3, -0.25) is 0 Å². The molecule has 0 spiro atoms. The highest BCUT2D eigenvalue weighted by Crippen LogP contribution is 2.40. The normalized spacial score (nSPS) is 11.3. The molecule has 0 N–H and O–H groups in total. The molecule has 0 atom stereocenters. The van der Waals surface area contributed by atoms with Gasteiger partial charge in [-0.05, 0) is 40.5 Å². The lowest BCUT2D eigenvalue weighted by molar-refractivity contribution is 1.07. The minimum Gasteiger partial charge on any atom is -0.208 e. The summed E-state index contributed by atoms with van der Waals surface area (Å²) >= 11 is 1.86. The van der Waals surface area contributed by atoms with Crippen LogP contribution in [0.3, 0.4) is 0 Å². The van der Waals surface area contributed by atoms with E-state index >= 15 is 0 Å². The molecule has 0 bridgehead atoms. The van der Waals surface area contributed by atoms with Crippen LogP contribution in [0.5, 0.6) is 0 Å². The largest absolute Gasteiger partial charge is 0.208 e. The Morgan fingerprint density at radius 1 is 0.349 bits per heavy atom. The second kappa shape index (κ2) is 10.8. The first-order valence-electron chi connectivity index (χ1n) is 14.3. The van der Waals surface area contributed by atoms with Gasteiger partial charge in [0.05, 0.1) is 0 Å². The van der Waals surface area contributed by atoms with Crippen LogP contribution in [0.2, 0.25) is 0 Å². The van der Waals surface area contributed by atoms with E-state index < -0.39 is 0 Å². The molecule has 0 saturated carbocycles. The van der Waals surface area contributed by atoms with Gasteiger partial charge in [-0.1, -0.05) is 133 Å². The summed E-state index contributed by atoms with van der Waals surface area (Å²) in [6.07, 6.45) is 0. The molecule has 6 aromatic carbocycles. The van der Waals surface area contributed by atoms with Crippen LogP contribution in [-0.4, -0.2) is 15.0 Å². The van der Waals surface area contributed by atoms with Crippen molar-refractivity contribution in [1.29, 1.82) is 0 Å². The minimum atomic E-state index is 0.653. The minimum absolute atomic E-state index is 0.653. The van der Waals surface area contributed by atoms with Gasteiger partial charge in [0.1, 0.15) is 0 Å². The van der Waals surface area contributed by atoms with E-state index in [2.05, 4.69) is 91.0 Å². The number of rotatable bonds is 5. The Bertz CT molecular complexity index is 2180. The number of hydrogen-bond donors (Lipinski definition) is 0. The predicted molar refractivity (Wildman–Crippen MR) is 180 cm³/mol. The Morgan fingerprint density at radius 2 is 0.814 bits per heavy atom. The molecule has 0 aliphatic heterocycles. The maximum absolute atomic E-state index is 4.93. The van der Waals surface area contributed by atoms with Crippen molar-refractivity contribution >= 4 is 31.5 Å². The van der Waals surface area contributed by atoms with Crippen LogP contribution >= 0.6 is 11.3 Å². The van der Waals surface area contributed by atoms with Gasteiger partial charge in [-0.2, -0.15) is 0 Å². The van der Waals surface area contributed by atoms with E-state index in [1.165, 1.54) is 31.3 Å². The average Bonchev–Trinajstić information content (AvgIpc) is 3.48. The Balaban J connectivity index is 1.22. The van der Waals surface area contributed by atoms with E-state index in [1.807, 2.05) is 72.0 Å². The molecular weight excluding hydrogens is 543 g/mol. The van der Waals surface area contributed by atoms with Crippen LogP contribution in [0.25, 0.3) is 76.6 Å². The summed E-state index contributed by atoms with van der Waals surface area (Å²) in [6, 6.07) is 52.8. The van der Waals surface area contributed by atoms with Crippen LogP contribution in [-0.2, 0) is 0 Å². The molecule has 3 nitrogen and oxygen atoms in total. The summed E-state index contributed by atoms with van der Waals surface area (Å²) in [7, 11) is 0. The number of benzene rings is 6. The van der Waals surface area contributed by atoms with E-state index in [-0.39, 0.29) is 0 Å². The molecule has 0 aliphatic carbocycles. The van der Waals surface area contributed by atoms with E-state index in [4.69, 9.17) is 15.0 Å². The van der Waals surface area contributed by atoms with Crippen molar-refractivity contribution in [3.05, 3.63) is 152 Å². The topological polar surface area (TPSA) is 38.7 Å². The van der Waals surface area contributed by atoms with Crippen molar-refractivity contribution in [3.63, 3.8) is 0 Å². The molecule has 2 aromatic heterocycles. The monoisotopic (exact) mass is 567 g/mol. The molecule has 0 fully saturated rings. The number of aromatic nitrogens is 3. The van der Waals surface area contributed by atoms with Gasteiger partial charge in [0.2, 0.25) is 0 Å². The van der Waals surface area contributed by atoms with Crippen molar-refractivity contribution in [2.24, 2.45) is 0 Å². The molecule has 8 aromatic rings. The van der Waals surface area contributed by atoms with Crippen molar-refractivity contribution in [2.75, 3.05) is 0 Å². The van der Waals surface area contributed by atoms with Gasteiger partial charge in [0, 0.05) is 36.9 Å². The third kappa shape index (κ3) is 4.78. The summed E-state index contributed by atoms with van der Waals surface area (Å²) in [5.74, 6) is 1.97. The summed E-state index contributed by atoms with van der Waals surface area (Å²) in [5.41, 5.74) is 7.60. The van der Waals surface area contributed by atoms with E-state index in [9.17, 15) is 0 Å². The van der Waals surface area contributed by atoms with Crippen molar-refractivity contribution < 1.29 is 0 Å². The molecule has 0 unspecified atom stereocenters. The highest BCUT2D eigenvalue weighted by Gasteiger charge is 2.14. The Morgan fingerprint density at radius 3 is 1.49 bits per heavy atom. The van der Waals surface area contributed by atoms with Gasteiger partial charge >= 0.3 is 0 Å². The molecule has 202 valence electrons. The Kier molecular flexibility index (Phi) is 6.32. The van der Waals surface area contributed by atoms with E-state index in [0.717, 1.165) is 27.8 Å². The van der Waals surface area contributed by atoms with Crippen LogP contribution in [0, 0.1) is 0 Å². The van der Waals surface area contributed by atoms with Crippen LogP contribution in [0.1, 0.15) is 0 Å². The Hall–Kier alpha value is -5.45. The van der Waals surface area contributed by atoms with Crippen molar-refractivity contribution in [3.8, 4) is 56.4 Å². The first kappa shape index (κ1) is 25.3. The van der Waals surface area contributed by atoms with Gasteiger partial charge < -0.3 is 0 Å². The highest BCUT2D eigenvalue weighted by molar-refractivity contribution is 7.26. The lowest BCUT2D eigenvalue weighted by Gasteiger charge is -2.10. The molecule has 8 rings (SSSR count). The van der Waals surface area contributed by atoms with Crippen molar-refractivity contribution in [1.82, 2.24) is 15.0 Å².